The second-order valence-electron chi connectivity index (χ2n) is 10.7. The van der Waals surface area contributed by atoms with Gasteiger partial charge in [0, 0.05) is 41.6 Å². The van der Waals surface area contributed by atoms with E-state index in [1.54, 1.807) is 18.5 Å². The molecule has 4 atom stereocenters. The Kier molecular flexibility index (Phi) is 6.53. The number of hydrogen-bond acceptors (Lipinski definition) is 10. The van der Waals surface area contributed by atoms with Crippen molar-refractivity contribution in [2.24, 2.45) is 0 Å². The van der Waals surface area contributed by atoms with Crippen LogP contribution in [-0.4, -0.2) is 77.4 Å². The van der Waals surface area contributed by atoms with Crippen LogP contribution in [0.25, 0.3) is 16.8 Å². The Morgan fingerprint density at radius 2 is 1.98 bits per heavy atom. The number of carbonyl (C=O) groups is 1. The Hall–Kier alpha value is -3.91. The van der Waals surface area contributed by atoms with Gasteiger partial charge in [-0.25, -0.2) is 13.4 Å². The molecule has 2 saturated heterocycles. The molecule has 4 aromatic heterocycles. The van der Waals surface area contributed by atoms with Gasteiger partial charge < -0.3 is 20.7 Å². The third-order valence-corrected chi connectivity index (χ3v) is 9.17. The lowest BCUT2D eigenvalue weighted by atomic mass is 9.87. The number of piperidine rings is 1. The first kappa shape index (κ1) is 26.3. The number of nitrogens with one attached hydrogen (secondary N) is 1. The smallest absolute Gasteiger partial charge is 0.292 e. The molecule has 13 nitrogen and oxygen atoms in total. The van der Waals surface area contributed by atoms with Crippen LogP contribution in [0.5, 0.6) is 0 Å². The summed E-state index contributed by atoms with van der Waals surface area (Å²) in [6.45, 7) is 2.00. The number of nitrogens with zero attached hydrogens (tertiary/aromatic N) is 7. The second-order valence-corrected chi connectivity index (χ2v) is 12.6. The first-order valence-corrected chi connectivity index (χ1v) is 15.3. The Labute approximate surface area is 230 Å². The molecule has 2 bridgehead atoms. The van der Waals surface area contributed by atoms with E-state index in [0.29, 0.717) is 41.9 Å². The number of anilines is 1. The molecule has 40 heavy (non-hydrogen) atoms. The van der Waals surface area contributed by atoms with E-state index in [1.807, 2.05) is 17.9 Å². The Morgan fingerprint density at radius 3 is 2.58 bits per heavy atom. The number of nitrogens with two attached hydrogens (primary N) is 1. The highest BCUT2D eigenvalue weighted by Crippen LogP contribution is 2.45. The number of nitrogen functional groups attached to an aromatic ring is 1. The molecule has 6 heterocycles. The van der Waals surface area contributed by atoms with Crippen LogP contribution < -0.4 is 5.73 Å². The average Bonchev–Trinajstić information content (AvgIpc) is 3.66. The molecule has 2 aliphatic rings. The van der Waals surface area contributed by atoms with E-state index in [1.165, 1.54) is 10.8 Å². The van der Waals surface area contributed by atoms with Crippen molar-refractivity contribution < 1.29 is 18.3 Å². The highest BCUT2D eigenvalue weighted by atomic mass is 32.2. The molecule has 210 valence electrons. The van der Waals surface area contributed by atoms with Gasteiger partial charge >= 0.3 is 0 Å². The third kappa shape index (κ3) is 4.40. The van der Waals surface area contributed by atoms with Crippen LogP contribution in [0.3, 0.4) is 0 Å². The minimum atomic E-state index is -3.75. The zero-order valence-electron chi connectivity index (χ0n) is 22.2. The summed E-state index contributed by atoms with van der Waals surface area (Å²) < 4.78 is 27.4. The van der Waals surface area contributed by atoms with Crippen molar-refractivity contribution in [2.45, 2.75) is 74.4 Å². The summed E-state index contributed by atoms with van der Waals surface area (Å²) in [6.07, 6.45) is 9.29. The monoisotopic (exact) mass is 565 g/mol. The molecule has 0 spiro atoms. The number of rotatable bonds is 7. The number of pyridine rings is 1. The summed E-state index contributed by atoms with van der Waals surface area (Å²) in [5.41, 5.74) is 9.26. The van der Waals surface area contributed by atoms with Crippen molar-refractivity contribution >= 4 is 27.2 Å². The number of aromatic nitrogens is 7. The standard InChI is InChI=1S/C26H31N9O4S/c1-3-4-20(36)19-8-5-14(11-28-19)18-12-31-35-23(27)22(40(2,38)39)21(32-25(18)35)15-9-16-6-7-17(10-15)34(16)26(37)24-29-13-30-33-24/h5,8,11-13,15-17,20,36H,3-4,6-7,9-10,27H2,1-2H3,(H,29,30,33)/t15-,16+,17-,20?. The molecule has 2 fully saturated rings. The average molecular weight is 566 g/mol. The lowest BCUT2D eigenvalue weighted by Gasteiger charge is -2.38. The minimum absolute atomic E-state index is 0.00390. The number of carbonyl (C=O) groups excluding carboxylic acids is 1. The molecule has 0 radical (unpaired) electrons. The summed E-state index contributed by atoms with van der Waals surface area (Å²) >= 11 is 0. The zero-order valence-corrected chi connectivity index (χ0v) is 23.0. The van der Waals surface area contributed by atoms with Crippen molar-refractivity contribution in [1.29, 1.82) is 0 Å². The van der Waals surface area contributed by atoms with Gasteiger partial charge in [-0.15, -0.1) is 10.2 Å². The maximum Gasteiger partial charge on any atom is 0.292 e. The van der Waals surface area contributed by atoms with Gasteiger partial charge in [0.15, 0.2) is 15.5 Å². The van der Waals surface area contributed by atoms with Crippen LogP contribution >= 0.6 is 0 Å². The van der Waals surface area contributed by atoms with Crippen molar-refractivity contribution in [3.8, 4) is 11.1 Å². The van der Waals surface area contributed by atoms with Crippen molar-refractivity contribution in [1.82, 2.24) is 39.7 Å². The quantitative estimate of drug-likeness (QED) is 0.300. The second kappa shape index (κ2) is 9.93. The van der Waals surface area contributed by atoms with Crippen LogP contribution in [0.15, 0.2) is 35.7 Å². The summed E-state index contributed by atoms with van der Waals surface area (Å²) in [4.78, 5) is 27.1. The predicted octanol–water partition coefficient (Wildman–Crippen LogP) is 2.28. The number of aromatic amines is 1. The lowest BCUT2D eigenvalue weighted by molar-refractivity contribution is 0.0556. The molecule has 0 aliphatic carbocycles. The van der Waals surface area contributed by atoms with E-state index in [2.05, 4.69) is 25.3 Å². The highest BCUT2D eigenvalue weighted by molar-refractivity contribution is 7.91. The van der Waals surface area contributed by atoms with E-state index in [0.717, 1.165) is 31.1 Å². The molecule has 6 rings (SSSR count). The summed E-state index contributed by atoms with van der Waals surface area (Å²) in [5.74, 6) is -0.223. The van der Waals surface area contributed by atoms with Crippen molar-refractivity contribution in [3.05, 3.63) is 48.1 Å². The zero-order chi connectivity index (χ0) is 28.2. The largest absolute Gasteiger partial charge is 0.387 e. The molecule has 14 heteroatoms. The number of aliphatic hydroxyl groups excluding tert-OH is 1. The van der Waals surface area contributed by atoms with Crippen LogP contribution in [-0.2, 0) is 9.84 Å². The van der Waals surface area contributed by atoms with E-state index in [4.69, 9.17) is 10.7 Å². The lowest BCUT2D eigenvalue weighted by Crippen LogP contribution is -2.46. The maximum atomic E-state index is 13.1. The molecule has 1 amide bonds. The molecular formula is C26H31N9O4S. The normalized spacial score (nSPS) is 21.7. The molecule has 0 aromatic carbocycles. The van der Waals surface area contributed by atoms with Gasteiger partial charge in [0.05, 0.1) is 23.7 Å². The predicted molar refractivity (Wildman–Crippen MR) is 145 cm³/mol. The Bertz CT molecular complexity index is 1650. The highest BCUT2D eigenvalue weighted by Gasteiger charge is 2.46. The number of hydrogen-bond donors (Lipinski definition) is 3. The van der Waals surface area contributed by atoms with Gasteiger partial charge in [-0.1, -0.05) is 19.4 Å². The number of amides is 1. The maximum absolute atomic E-state index is 13.1. The van der Waals surface area contributed by atoms with E-state index >= 15 is 0 Å². The molecule has 0 saturated carbocycles. The molecule has 2 aliphatic heterocycles. The fraction of sp³-hybridized carbons (Fsp3) is 0.462. The molecule has 4 N–H and O–H groups in total. The van der Waals surface area contributed by atoms with E-state index in [-0.39, 0.29) is 40.4 Å². The van der Waals surface area contributed by atoms with Crippen molar-refractivity contribution in [3.63, 3.8) is 0 Å². The fourth-order valence-electron chi connectivity index (χ4n) is 6.23. The van der Waals surface area contributed by atoms with Crippen LogP contribution in [0.1, 0.15) is 79.5 Å². The number of aliphatic hydroxyl groups is 1. The third-order valence-electron chi connectivity index (χ3n) is 8.01. The SMILES string of the molecule is CCCC(O)c1ccc(-c2cnn3c(N)c(S(C)(=O)=O)c([C@H]4C[C@H]5CC[C@@H](C4)N5C(=O)c4nnc[nH]4)nc23)cn1. The number of H-pyrrole nitrogens is 1. The van der Waals surface area contributed by atoms with E-state index in [9.17, 15) is 18.3 Å². The summed E-state index contributed by atoms with van der Waals surface area (Å²) in [7, 11) is -3.75. The van der Waals surface area contributed by atoms with Gasteiger partial charge in [-0.05, 0) is 38.2 Å². The van der Waals surface area contributed by atoms with Gasteiger partial charge in [-0.2, -0.15) is 9.61 Å². The fourth-order valence-corrected chi connectivity index (χ4v) is 7.28. The number of sulfone groups is 1. The minimum Gasteiger partial charge on any atom is -0.387 e. The molecular weight excluding hydrogens is 534 g/mol. The van der Waals surface area contributed by atoms with Crippen molar-refractivity contribution in [2.75, 3.05) is 12.0 Å². The van der Waals surface area contributed by atoms with Gasteiger partial charge in [0.1, 0.15) is 17.0 Å². The molecule has 1 unspecified atom stereocenters. The Balaban J connectivity index is 1.40. The van der Waals surface area contributed by atoms with Gasteiger partial charge in [0.2, 0.25) is 5.82 Å². The summed E-state index contributed by atoms with van der Waals surface area (Å²) in [6, 6.07) is 3.45. The topological polar surface area (TPSA) is 185 Å². The number of fused-ring (bicyclic) bond motifs is 3. The van der Waals surface area contributed by atoms with E-state index < -0.39 is 15.9 Å². The molecule has 4 aromatic rings. The first-order valence-electron chi connectivity index (χ1n) is 13.4. The summed E-state index contributed by atoms with van der Waals surface area (Å²) in [5, 5.41) is 22.3. The van der Waals surface area contributed by atoms with Crippen LogP contribution in [0.2, 0.25) is 0 Å². The van der Waals surface area contributed by atoms with Gasteiger partial charge in [0.25, 0.3) is 5.91 Å². The first-order chi connectivity index (χ1) is 19.2. The van der Waals surface area contributed by atoms with Crippen LogP contribution in [0.4, 0.5) is 5.82 Å². The Morgan fingerprint density at radius 1 is 1.23 bits per heavy atom. The van der Waals surface area contributed by atoms with Crippen LogP contribution in [0, 0.1) is 0 Å². The van der Waals surface area contributed by atoms with Gasteiger partial charge in [-0.3, -0.25) is 9.78 Å².